The molecule has 0 unspecified atom stereocenters. The Kier molecular flexibility index (Phi) is 18.1. The van der Waals surface area contributed by atoms with E-state index in [1.165, 1.54) is 0 Å². The molecule has 69 heavy (non-hydrogen) atoms. The monoisotopic (exact) mass is 972 g/mol. The number of rotatable bonds is 18. The summed E-state index contributed by atoms with van der Waals surface area (Å²) in [6, 6.07) is 13.1. The number of carbonyl (C=O) groups excluding carboxylic acids is 9. The third kappa shape index (κ3) is 14.2. The maximum Gasteiger partial charge on any atom is 0.407 e. The third-order valence-electron chi connectivity index (χ3n) is 10.6. The number of ether oxygens (including phenoxy) is 11. The number of esters is 7. The number of nitrogens with one attached hydrogen (secondary N) is 2. The molecule has 0 saturated carbocycles. The van der Waals surface area contributed by atoms with Gasteiger partial charge in [-0.15, -0.1) is 0 Å². The number of amides is 2. The Labute approximate surface area is 393 Å². The smallest absolute Gasteiger partial charge is 0.407 e. The normalized spacial score (nSPS) is 25.1. The fraction of sp³-hybridized carbons (Fsp3) is 0.511. The molecule has 374 valence electrons. The standard InChI is InChI=1S/C45H52N2O22/c1-20(48)59-18-33-37(69-44-41(66-26(7)54)39(64-24(5)52)36(62-22(3)50)34(68-44)19-60-21(2)49)38(63-23(4)51)40(65-25(6)53)42(67-33)47-35(55)16-32(43(56)57)46-45(58)61-17-31-29-14-10-8-12-27(29)28-13-9-11-15-30(28)31/h8-15,31-34,36-42,44H,16-19H2,1-7H3,(H,46,58)(H,47,55)(H,56,57)/t32-,33+,34+,36+,37+,38-,39-,40+,41+,42+,44-/m0/s1. The molecule has 0 radical (unpaired) electrons. The lowest BCUT2D eigenvalue weighted by atomic mass is 9.95. The summed E-state index contributed by atoms with van der Waals surface area (Å²) in [6.45, 7) is 5.33. The molecule has 2 aliphatic heterocycles. The van der Waals surface area contributed by atoms with Crippen LogP contribution in [0.1, 0.15) is 71.9 Å². The molecule has 5 rings (SSSR count). The van der Waals surface area contributed by atoms with Crippen LogP contribution in [0.2, 0.25) is 0 Å². The first-order valence-corrected chi connectivity index (χ1v) is 21.4. The first-order chi connectivity index (χ1) is 32.6. The molecule has 3 aliphatic rings. The van der Waals surface area contributed by atoms with Crippen molar-refractivity contribution in [1.29, 1.82) is 0 Å². The maximum atomic E-state index is 13.7. The molecule has 3 N–H and O–H groups in total. The van der Waals surface area contributed by atoms with Gasteiger partial charge in [0.05, 0.1) is 6.42 Å². The number of fused-ring (bicyclic) bond motifs is 3. The highest BCUT2D eigenvalue weighted by Gasteiger charge is 2.57. The molecule has 0 bridgehead atoms. The van der Waals surface area contributed by atoms with Crippen molar-refractivity contribution in [2.24, 2.45) is 0 Å². The SMILES string of the molecule is CC(=O)OC[C@H]1O[C@@H](NC(=O)C[C@H](NC(=O)OCC2c3ccccc3-c3ccccc32)C(=O)O)[C@H](OC(C)=O)[C@@H](OC(C)=O)[C@@H]1O[C@@H]1O[C@H](COC(C)=O)[C@@H](OC(C)=O)[C@H](OC(C)=O)[C@H]1OC(C)=O. The zero-order valence-electron chi connectivity index (χ0n) is 38.4. The van der Waals surface area contributed by atoms with Crippen LogP contribution >= 0.6 is 0 Å². The average molecular weight is 973 g/mol. The zero-order chi connectivity index (χ0) is 50.7. The zero-order valence-corrected chi connectivity index (χ0v) is 38.4. The minimum atomic E-state index is -1.96. The fourth-order valence-electron chi connectivity index (χ4n) is 8.01. The minimum absolute atomic E-state index is 0.180. The van der Waals surface area contributed by atoms with E-state index in [0.717, 1.165) is 70.7 Å². The van der Waals surface area contributed by atoms with E-state index >= 15 is 0 Å². The van der Waals surface area contributed by atoms with Gasteiger partial charge in [-0.25, -0.2) is 9.59 Å². The Hall–Kier alpha value is -7.18. The van der Waals surface area contributed by atoms with Crippen molar-refractivity contribution in [3.05, 3.63) is 59.7 Å². The number of hydrogen-bond donors (Lipinski definition) is 3. The van der Waals surface area contributed by atoms with E-state index in [0.29, 0.717) is 0 Å². The highest BCUT2D eigenvalue weighted by molar-refractivity contribution is 5.87. The van der Waals surface area contributed by atoms with E-state index in [2.05, 4.69) is 10.6 Å². The van der Waals surface area contributed by atoms with E-state index < -0.39 is 147 Å². The molecular formula is C45H52N2O22. The number of carbonyl (C=O) groups is 10. The predicted molar refractivity (Wildman–Crippen MR) is 226 cm³/mol. The van der Waals surface area contributed by atoms with Gasteiger partial charge < -0.3 is 67.8 Å². The lowest BCUT2D eigenvalue weighted by Gasteiger charge is -2.48. The largest absolute Gasteiger partial charge is 0.480 e. The van der Waals surface area contributed by atoms with Gasteiger partial charge in [0, 0.05) is 54.4 Å². The lowest BCUT2D eigenvalue weighted by molar-refractivity contribution is -0.345. The summed E-state index contributed by atoms with van der Waals surface area (Å²) < 4.78 is 61.7. The lowest BCUT2D eigenvalue weighted by Crippen LogP contribution is -2.69. The van der Waals surface area contributed by atoms with Gasteiger partial charge in [0.15, 0.2) is 43.0 Å². The van der Waals surface area contributed by atoms with E-state index in [-0.39, 0.29) is 12.5 Å². The van der Waals surface area contributed by atoms with Gasteiger partial charge >= 0.3 is 53.8 Å². The molecule has 2 saturated heterocycles. The van der Waals surface area contributed by atoms with Crippen molar-refractivity contribution in [1.82, 2.24) is 10.6 Å². The van der Waals surface area contributed by atoms with Gasteiger partial charge in [-0.2, -0.15) is 0 Å². The molecule has 11 atom stereocenters. The van der Waals surface area contributed by atoms with Crippen LogP contribution in [0, 0.1) is 0 Å². The molecule has 24 nitrogen and oxygen atoms in total. The van der Waals surface area contributed by atoms with E-state index in [4.69, 9.17) is 52.1 Å². The summed E-state index contributed by atoms with van der Waals surface area (Å²) in [7, 11) is 0. The molecule has 0 spiro atoms. The number of hydrogen-bond acceptors (Lipinski definition) is 21. The maximum absolute atomic E-state index is 13.7. The number of aliphatic carboxylic acids is 1. The summed E-state index contributed by atoms with van der Waals surface area (Å²) in [4.78, 5) is 126. The molecular weight excluding hydrogens is 920 g/mol. The minimum Gasteiger partial charge on any atom is -0.480 e. The number of carboxylic acid groups (broad SMARTS) is 1. The molecule has 2 aromatic rings. The second-order valence-electron chi connectivity index (χ2n) is 15.8. The Morgan fingerprint density at radius 1 is 0.536 bits per heavy atom. The Morgan fingerprint density at radius 2 is 0.986 bits per heavy atom. The first kappa shape index (κ1) is 52.8. The average Bonchev–Trinajstić information content (AvgIpc) is 3.57. The van der Waals surface area contributed by atoms with Gasteiger partial charge in [-0.1, -0.05) is 48.5 Å². The van der Waals surface area contributed by atoms with Crippen molar-refractivity contribution in [2.45, 2.75) is 128 Å². The molecule has 2 fully saturated rings. The van der Waals surface area contributed by atoms with Gasteiger partial charge in [-0.3, -0.25) is 38.4 Å². The Balaban J connectivity index is 1.42. The van der Waals surface area contributed by atoms with Crippen LogP contribution < -0.4 is 10.6 Å². The van der Waals surface area contributed by atoms with Gasteiger partial charge in [-0.05, 0) is 22.3 Å². The van der Waals surface area contributed by atoms with Crippen LogP contribution in [0.5, 0.6) is 0 Å². The van der Waals surface area contributed by atoms with Crippen LogP contribution in [0.15, 0.2) is 48.5 Å². The van der Waals surface area contributed by atoms with E-state index in [1.807, 2.05) is 48.5 Å². The molecule has 2 aromatic carbocycles. The van der Waals surface area contributed by atoms with E-state index in [9.17, 15) is 53.1 Å². The first-order valence-electron chi connectivity index (χ1n) is 21.4. The summed E-state index contributed by atoms with van der Waals surface area (Å²) in [5, 5.41) is 14.6. The van der Waals surface area contributed by atoms with Gasteiger partial charge in [0.2, 0.25) is 5.91 Å². The number of alkyl carbamates (subject to hydrolysis) is 1. The van der Waals surface area contributed by atoms with Crippen LogP contribution in [-0.2, 0) is 95.3 Å². The molecule has 1 aliphatic carbocycles. The van der Waals surface area contributed by atoms with Crippen molar-refractivity contribution in [3.8, 4) is 11.1 Å². The number of benzene rings is 2. The van der Waals surface area contributed by atoms with Crippen LogP contribution in [-0.4, -0.2) is 152 Å². The molecule has 0 aromatic heterocycles. The predicted octanol–water partition coefficient (Wildman–Crippen LogP) is 1.10. The fourth-order valence-corrected chi connectivity index (χ4v) is 8.01. The molecule has 2 amide bonds. The highest BCUT2D eigenvalue weighted by Crippen LogP contribution is 2.44. The topological polar surface area (TPSA) is 317 Å². The van der Waals surface area contributed by atoms with Crippen molar-refractivity contribution in [2.75, 3.05) is 19.8 Å². The van der Waals surface area contributed by atoms with Gasteiger partial charge in [0.25, 0.3) is 0 Å². The second-order valence-corrected chi connectivity index (χ2v) is 15.8. The van der Waals surface area contributed by atoms with Crippen LogP contribution in [0.25, 0.3) is 11.1 Å². The summed E-state index contributed by atoms with van der Waals surface area (Å²) in [6.07, 6.45) is -19.9. The Bertz CT molecular complexity index is 2240. The van der Waals surface area contributed by atoms with Crippen molar-refractivity contribution >= 4 is 59.8 Å². The Morgan fingerprint density at radius 3 is 1.48 bits per heavy atom. The third-order valence-corrected chi connectivity index (χ3v) is 10.6. The van der Waals surface area contributed by atoms with Gasteiger partial charge in [0.1, 0.15) is 44.2 Å². The summed E-state index contributed by atoms with van der Waals surface area (Å²) in [5.41, 5.74) is 3.67. The van der Waals surface area contributed by atoms with Crippen LogP contribution in [0.4, 0.5) is 4.79 Å². The van der Waals surface area contributed by atoms with Crippen LogP contribution in [0.3, 0.4) is 0 Å². The highest BCUT2D eigenvalue weighted by atomic mass is 16.8. The quantitative estimate of drug-likeness (QED) is 0.139. The van der Waals surface area contributed by atoms with Crippen molar-refractivity contribution in [3.63, 3.8) is 0 Å². The summed E-state index contributed by atoms with van der Waals surface area (Å²) >= 11 is 0. The second kappa shape index (κ2) is 23.7. The molecule has 2 heterocycles. The van der Waals surface area contributed by atoms with E-state index in [1.54, 1.807) is 0 Å². The number of carboxylic acids is 1. The van der Waals surface area contributed by atoms with Crippen molar-refractivity contribution < 1.29 is 105 Å². The summed E-state index contributed by atoms with van der Waals surface area (Å²) in [5.74, 6) is -9.82. The molecule has 24 heteroatoms.